The van der Waals surface area contributed by atoms with Crippen molar-refractivity contribution in [1.29, 1.82) is 5.26 Å². The SMILES string of the molecule is N#Cc1c(Cl)cccc1NC1(CO)CCCC1. The van der Waals surface area contributed by atoms with Crippen LogP contribution < -0.4 is 5.32 Å². The molecular formula is C13H15ClN2O. The number of benzene rings is 1. The van der Waals surface area contributed by atoms with Crippen molar-refractivity contribution in [3.05, 3.63) is 28.8 Å². The number of nitrogens with one attached hydrogen (secondary N) is 1. The third kappa shape index (κ3) is 2.38. The zero-order valence-electron chi connectivity index (χ0n) is 9.54. The average molecular weight is 251 g/mol. The number of nitriles is 1. The fourth-order valence-corrected chi connectivity index (χ4v) is 2.62. The molecule has 0 amide bonds. The molecule has 1 aliphatic rings. The summed E-state index contributed by atoms with van der Waals surface area (Å²) in [6.45, 7) is 0.0877. The maximum Gasteiger partial charge on any atom is 0.103 e. The molecule has 1 saturated carbocycles. The van der Waals surface area contributed by atoms with Crippen LogP contribution in [0.15, 0.2) is 18.2 Å². The molecule has 90 valence electrons. The number of aliphatic hydroxyl groups is 1. The molecule has 3 nitrogen and oxygen atoms in total. The zero-order chi connectivity index (χ0) is 12.3. The normalized spacial score (nSPS) is 17.7. The molecule has 0 aliphatic heterocycles. The molecule has 1 aliphatic carbocycles. The van der Waals surface area contributed by atoms with E-state index in [0.29, 0.717) is 10.6 Å². The van der Waals surface area contributed by atoms with Crippen LogP contribution in [0.5, 0.6) is 0 Å². The van der Waals surface area contributed by atoms with Gasteiger partial charge in [0.15, 0.2) is 0 Å². The van der Waals surface area contributed by atoms with E-state index in [0.717, 1.165) is 31.4 Å². The van der Waals surface area contributed by atoms with E-state index in [9.17, 15) is 5.11 Å². The summed E-state index contributed by atoms with van der Waals surface area (Å²) < 4.78 is 0. The van der Waals surface area contributed by atoms with Crippen LogP contribution in [0.1, 0.15) is 31.2 Å². The van der Waals surface area contributed by atoms with Gasteiger partial charge in [-0.2, -0.15) is 5.26 Å². The van der Waals surface area contributed by atoms with E-state index >= 15 is 0 Å². The minimum atomic E-state index is -0.281. The van der Waals surface area contributed by atoms with Crippen LogP contribution in [-0.2, 0) is 0 Å². The number of aliphatic hydroxyl groups excluding tert-OH is 1. The molecular weight excluding hydrogens is 236 g/mol. The standard InChI is InChI=1S/C13H15ClN2O/c14-11-4-3-5-12(10(11)8-15)16-13(9-17)6-1-2-7-13/h3-5,16-17H,1-2,6-7,9H2. The lowest BCUT2D eigenvalue weighted by atomic mass is 9.97. The summed E-state index contributed by atoms with van der Waals surface area (Å²) >= 11 is 5.98. The quantitative estimate of drug-likeness (QED) is 0.867. The highest BCUT2D eigenvalue weighted by Gasteiger charge is 2.33. The molecule has 1 aromatic rings. The molecule has 0 heterocycles. The lowest BCUT2D eigenvalue weighted by molar-refractivity contribution is 0.214. The van der Waals surface area contributed by atoms with Gasteiger partial charge >= 0.3 is 0 Å². The van der Waals surface area contributed by atoms with E-state index in [-0.39, 0.29) is 12.1 Å². The van der Waals surface area contributed by atoms with Crippen molar-refractivity contribution < 1.29 is 5.11 Å². The van der Waals surface area contributed by atoms with Crippen molar-refractivity contribution in [3.63, 3.8) is 0 Å². The van der Waals surface area contributed by atoms with Gasteiger partial charge in [0.1, 0.15) is 6.07 Å². The van der Waals surface area contributed by atoms with Crippen molar-refractivity contribution >= 4 is 17.3 Å². The summed E-state index contributed by atoms with van der Waals surface area (Å²) in [6.07, 6.45) is 4.08. The highest BCUT2D eigenvalue weighted by atomic mass is 35.5. The Morgan fingerprint density at radius 2 is 2.12 bits per heavy atom. The maximum atomic E-state index is 9.53. The van der Waals surface area contributed by atoms with Gasteiger partial charge in [-0.05, 0) is 25.0 Å². The van der Waals surface area contributed by atoms with Crippen LogP contribution in [0.25, 0.3) is 0 Å². The van der Waals surface area contributed by atoms with Crippen LogP contribution in [0, 0.1) is 11.3 Å². The van der Waals surface area contributed by atoms with Gasteiger partial charge in [-0.15, -0.1) is 0 Å². The Hall–Kier alpha value is -1.24. The Kier molecular flexibility index (Phi) is 3.56. The number of hydrogen-bond acceptors (Lipinski definition) is 3. The molecule has 0 unspecified atom stereocenters. The largest absolute Gasteiger partial charge is 0.394 e. The van der Waals surface area contributed by atoms with Crippen LogP contribution in [0.4, 0.5) is 5.69 Å². The maximum absolute atomic E-state index is 9.53. The molecule has 1 fully saturated rings. The van der Waals surface area contributed by atoms with Gasteiger partial charge in [0, 0.05) is 0 Å². The number of anilines is 1. The zero-order valence-corrected chi connectivity index (χ0v) is 10.3. The lowest BCUT2D eigenvalue weighted by Crippen LogP contribution is -2.39. The minimum Gasteiger partial charge on any atom is -0.394 e. The van der Waals surface area contributed by atoms with Gasteiger partial charge in [0.05, 0.1) is 28.4 Å². The van der Waals surface area contributed by atoms with Gasteiger partial charge in [-0.3, -0.25) is 0 Å². The smallest absolute Gasteiger partial charge is 0.103 e. The molecule has 4 heteroatoms. The summed E-state index contributed by atoms with van der Waals surface area (Å²) in [4.78, 5) is 0. The summed E-state index contributed by atoms with van der Waals surface area (Å²) in [6, 6.07) is 7.45. The molecule has 0 spiro atoms. The predicted octanol–water partition coefficient (Wildman–Crippen LogP) is 2.93. The Labute approximate surface area is 106 Å². The fraction of sp³-hybridized carbons (Fsp3) is 0.462. The number of rotatable bonds is 3. The topological polar surface area (TPSA) is 56.0 Å². The van der Waals surface area contributed by atoms with Crippen molar-refractivity contribution in [1.82, 2.24) is 0 Å². The molecule has 0 radical (unpaired) electrons. The third-order valence-corrected chi connectivity index (χ3v) is 3.70. The summed E-state index contributed by atoms with van der Waals surface area (Å²) in [5.41, 5.74) is 0.890. The van der Waals surface area contributed by atoms with Gasteiger partial charge in [-0.25, -0.2) is 0 Å². The Morgan fingerprint density at radius 1 is 1.41 bits per heavy atom. The van der Waals surface area contributed by atoms with Crippen molar-refractivity contribution in [2.24, 2.45) is 0 Å². The number of nitrogens with zero attached hydrogens (tertiary/aromatic N) is 1. The predicted molar refractivity (Wildman–Crippen MR) is 68.1 cm³/mol. The summed E-state index contributed by atoms with van der Waals surface area (Å²) in [7, 11) is 0. The van der Waals surface area contributed by atoms with E-state index in [2.05, 4.69) is 11.4 Å². The average Bonchev–Trinajstić information content (AvgIpc) is 2.79. The van der Waals surface area contributed by atoms with E-state index in [1.807, 2.05) is 12.1 Å². The lowest BCUT2D eigenvalue weighted by Gasteiger charge is -2.29. The van der Waals surface area contributed by atoms with Gasteiger partial charge < -0.3 is 10.4 Å². The number of hydrogen-bond donors (Lipinski definition) is 2. The highest BCUT2D eigenvalue weighted by molar-refractivity contribution is 6.32. The Balaban J connectivity index is 2.30. The van der Waals surface area contributed by atoms with E-state index in [1.165, 1.54) is 0 Å². The van der Waals surface area contributed by atoms with Crippen molar-refractivity contribution in [2.45, 2.75) is 31.2 Å². The van der Waals surface area contributed by atoms with Crippen LogP contribution in [0.2, 0.25) is 5.02 Å². The molecule has 0 bridgehead atoms. The van der Waals surface area contributed by atoms with Crippen molar-refractivity contribution in [2.75, 3.05) is 11.9 Å². The van der Waals surface area contributed by atoms with E-state index in [1.54, 1.807) is 6.07 Å². The first-order chi connectivity index (χ1) is 8.21. The number of halogens is 1. The van der Waals surface area contributed by atoms with E-state index < -0.39 is 0 Å². The van der Waals surface area contributed by atoms with Crippen LogP contribution in [0.3, 0.4) is 0 Å². The van der Waals surface area contributed by atoms with Gasteiger partial charge in [0.2, 0.25) is 0 Å². The molecule has 17 heavy (non-hydrogen) atoms. The molecule has 0 aromatic heterocycles. The van der Waals surface area contributed by atoms with Gasteiger partial charge in [-0.1, -0.05) is 30.5 Å². The Bertz CT molecular complexity index is 447. The summed E-state index contributed by atoms with van der Waals surface area (Å²) in [5.74, 6) is 0. The first kappa shape index (κ1) is 12.2. The summed E-state index contributed by atoms with van der Waals surface area (Å²) in [5, 5.41) is 22.4. The first-order valence-corrected chi connectivity index (χ1v) is 6.16. The molecule has 2 N–H and O–H groups in total. The molecule has 1 aromatic carbocycles. The monoisotopic (exact) mass is 250 g/mol. The molecule has 0 atom stereocenters. The minimum absolute atomic E-state index is 0.0877. The second kappa shape index (κ2) is 4.95. The molecule has 0 saturated heterocycles. The first-order valence-electron chi connectivity index (χ1n) is 5.78. The molecule has 2 rings (SSSR count). The van der Waals surface area contributed by atoms with Crippen molar-refractivity contribution in [3.8, 4) is 6.07 Å². The van der Waals surface area contributed by atoms with E-state index in [4.69, 9.17) is 16.9 Å². The Morgan fingerprint density at radius 3 is 2.71 bits per heavy atom. The van der Waals surface area contributed by atoms with Crippen LogP contribution in [-0.4, -0.2) is 17.3 Å². The van der Waals surface area contributed by atoms with Gasteiger partial charge in [0.25, 0.3) is 0 Å². The second-order valence-corrected chi connectivity index (χ2v) is 4.95. The van der Waals surface area contributed by atoms with Crippen LogP contribution >= 0.6 is 11.6 Å². The fourth-order valence-electron chi connectivity index (χ4n) is 2.40. The third-order valence-electron chi connectivity index (χ3n) is 3.39. The highest BCUT2D eigenvalue weighted by Crippen LogP contribution is 2.34. The second-order valence-electron chi connectivity index (χ2n) is 4.54.